The fraction of sp³-hybridized carbons (Fsp3) is 0.316. The van der Waals surface area contributed by atoms with E-state index < -0.39 is 6.10 Å². The van der Waals surface area contributed by atoms with Gasteiger partial charge in [-0.3, -0.25) is 4.79 Å². The molecule has 2 aromatic heterocycles. The summed E-state index contributed by atoms with van der Waals surface area (Å²) < 4.78 is 15.9. The number of rotatable bonds is 5. The van der Waals surface area contributed by atoms with Crippen molar-refractivity contribution in [2.75, 3.05) is 0 Å². The fourth-order valence-electron chi connectivity index (χ4n) is 2.58. The molecular formula is C19H20N2O5. The highest BCUT2D eigenvalue weighted by Gasteiger charge is 2.16. The van der Waals surface area contributed by atoms with E-state index in [2.05, 4.69) is 10.5 Å². The van der Waals surface area contributed by atoms with Gasteiger partial charge >= 0.3 is 5.63 Å². The van der Waals surface area contributed by atoms with Gasteiger partial charge in [0.1, 0.15) is 22.8 Å². The first-order valence-corrected chi connectivity index (χ1v) is 8.26. The minimum atomic E-state index is -0.723. The van der Waals surface area contributed by atoms with E-state index in [1.807, 2.05) is 13.0 Å². The minimum absolute atomic E-state index is 0.259. The van der Waals surface area contributed by atoms with E-state index in [0.29, 0.717) is 28.4 Å². The van der Waals surface area contributed by atoms with E-state index in [-0.39, 0.29) is 18.1 Å². The lowest BCUT2D eigenvalue weighted by atomic mass is 10.1. The zero-order valence-corrected chi connectivity index (χ0v) is 15.1. The van der Waals surface area contributed by atoms with Gasteiger partial charge in [0, 0.05) is 23.1 Å². The Bertz CT molecular complexity index is 1020. The first-order chi connectivity index (χ1) is 12.3. The van der Waals surface area contributed by atoms with Crippen LogP contribution in [0.25, 0.3) is 11.0 Å². The summed E-state index contributed by atoms with van der Waals surface area (Å²) in [4.78, 5) is 24.0. The Hall–Kier alpha value is -3.09. The van der Waals surface area contributed by atoms with Crippen molar-refractivity contribution in [3.63, 3.8) is 0 Å². The summed E-state index contributed by atoms with van der Waals surface area (Å²) in [5.74, 6) is 0.845. The second-order valence-electron chi connectivity index (χ2n) is 6.20. The van der Waals surface area contributed by atoms with Gasteiger partial charge in [-0.15, -0.1) is 0 Å². The largest absolute Gasteiger partial charge is 0.481 e. The van der Waals surface area contributed by atoms with Gasteiger partial charge in [0.05, 0.1) is 6.54 Å². The number of fused-ring (bicyclic) bond motifs is 1. The summed E-state index contributed by atoms with van der Waals surface area (Å²) in [5, 5.41) is 7.39. The van der Waals surface area contributed by atoms with E-state index >= 15 is 0 Å². The molecule has 7 heteroatoms. The normalized spacial score (nSPS) is 12.2. The van der Waals surface area contributed by atoms with Crippen LogP contribution in [-0.2, 0) is 11.3 Å². The number of nitrogens with one attached hydrogen (secondary N) is 1. The highest BCUT2D eigenvalue weighted by atomic mass is 16.5. The van der Waals surface area contributed by atoms with E-state index in [0.717, 1.165) is 10.9 Å². The third-order valence-electron chi connectivity index (χ3n) is 4.23. The highest BCUT2D eigenvalue weighted by molar-refractivity contribution is 5.83. The van der Waals surface area contributed by atoms with Gasteiger partial charge in [-0.25, -0.2) is 4.79 Å². The Balaban J connectivity index is 1.70. The van der Waals surface area contributed by atoms with Crippen LogP contribution in [0, 0.1) is 20.8 Å². The number of aromatic nitrogens is 1. The van der Waals surface area contributed by atoms with Crippen LogP contribution >= 0.6 is 0 Å². The van der Waals surface area contributed by atoms with Crippen molar-refractivity contribution in [1.29, 1.82) is 0 Å². The van der Waals surface area contributed by atoms with Gasteiger partial charge in [0.2, 0.25) is 0 Å². The molecule has 1 atom stereocenters. The van der Waals surface area contributed by atoms with Crippen molar-refractivity contribution in [1.82, 2.24) is 10.5 Å². The lowest BCUT2D eigenvalue weighted by Crippen LogP contribution is -2.35. The quantitative estimate of drug-likeness (QED) is 0.707. The molecule has 3 aromatic rings. The monoisotopic (exact) mass is 356 g/mol. The SMILES string of the molecule is Cc1cc(CNC(=O)C(C)Oc2ccc3c(C)c(C)c(=O)oc3c2)no1. The van der Waals surface area contributed by atoms with Crippen LogP contribution in [0.1, 0.15) is 29.5 Å². The van der Waals surface area contributed by atoms with Crippen LogP contribution in [0.15, 0.2) is 38.0 Å². The molecule has 0 fully saturated rings. The molecule has 7 nitrogen and oxygen atoms in total. The number of nitrogens with zero attached hydrogens (tertiary/aromatic N) is 1. The Morgan fingerprint density at radius 1 is 1.23 bits per heavy atom. The maximum Gasteiger partial charge on any atom is 0.339 e. The van der Waals surface area contributed by atoms with Gasteiger partial charge in [0.25, 0.3) is 5.91 Å². The van der Waals surface area contributed by atoms with Crippen molar-refractivity contribution in [2.24, 2.45) is 0 Å². The van der Waals surface area contributed by atoms with Gasteiger partial charge in [-0.2, -0.15) is 0 Å². The lowest BCUT2D eigenvalue weighted by molar-refractivity contribution is -0.127. The number of amides is 1. The average molecular weight is 356 g/mol. The molecule has 0 bridgehead atoms. The molecule has 1 unspecified atom stereocenters. The van der Waals surface area contributed by atoms with E-state index in [9.17, 15) is 9.59 Å². The predicted octanol–water partition coefficient (Wildman–Crippen LogP) is 2.79. The molecule has 0 spiro atoms. The first-order valence-electron chi connectivity index (χ1n) is 8.26. The fourth-order valence-corrected chi connectivity index (χ4v) is 2.58. The second kappa shape index (κ2) is 7.03. The molecule has 2 heterocycles. The van der Waals surface area contributed by atoms with Crippen molar-refractivity contribution < 1.29 is 18.5 Å². The third-order valence-corrected chi connectivity index (χ3v) is 4.23. The number of ether oxygens (including phenoxy) is 1. The number of benzene rings is 1. The molecular weight excluding hydrogens is 336 g/mol. The molecule has 26 heavy (non-hydrogen) atoms. The number of aryl methyl sites for hydroxylation is 2. The minimum Gasteiger partial charge on any atom is -0.481 e. The Morgan fingerprint density at radius 2 is 2.00 bits per heavy atom. The van der Waals surface area contributed by atoms with Crippen molar-refractivity contribution in [3.05, 3.63) is 57.3 Å². The van der Waals surface area contributed by atoms with Crippen LogP contribution < -0.4 is 15.7 Å². The standard InChI is InChI=1S/C19H20N2O5/c1-10-7-14(21-26-10)9-20-18(22)13(4)24-15-5-6-16-11(2)12(3)19(23)25-17(16)8-15/h5-8,13H,9H2,1-4H3,(H,20,22). The van der Waals surface area contributed by atoms with E-state index in [4.69, 9.17) is 13.7 Å². The average Bonchev–Trinajstić information content (AvgIpc) is 3.03. The smallest absolute Gasteiger partial charge is 0.339 e. The Labute approximate surface area is 149 Å². The summed E-state index contributed by atoms with van der Waals surface area (Å²) in [6.07, 6.45) is -0.723. The number of carbonyl (C=O) groups is 1. The van der Waals surface area contributed by atoms with Crippen molar-refractivity contribution >= 4 is 16.9 Å². The maximum atomic E-state index is 12.2. The molecule has 1 amide bonds. The molecule has 1 aromatic carbocycles. The van der Waals surface area contributed by atoms with Crippen LogP contribution in [0.2, 0.25) is 0 Å². The predicted molar refractivity (Wildman–Crippen MR) is 95.1 cm³/mol. The summed E-state index contributed by atoms with van der Waals surface area (Å²) in [6, 6.07) is 6.94. The summed E-state index contributed by atoms with van der Waals surface area (Å²) in [7, 11) is 0. The molecule has 1 N–H and O–H groups in total. The summed E-state index contributed by atoms with van der Waals surface area (Å²) in [5.41, 5.74) is 2.15. The molecule has 0 saturated heterocycles. The molecule has 3 rings (SSSR count). The van der Waals surface area contributed by atoms with Crippen molar-refractivity contribution in [2.45, 2.75) is 40.3 Å². The lowest BCUT2D eigenvalue weighted by Gasteiger charge is -2.15. The molecule has 136 valence electrons. The van der Waals surface area contributed by atoms with Crippen LogP contribution in [0.3, 0.4) is 0 Å². The highest BCUT2D eigenvalue weighted by Crippen LogP contribution is 2.24. The first kappa shape index (κ1) is 17.7. The summed E-state index contributed by atoms with van der Waals surface area (Å²) >= 11 is 0. The van der Waals surface area contributed by atoms with Gasteiger partial charge in [-0.05, 0) is 45.4 Å². The zero-order valence-electron chi connectivity index (χ0n) is 15.1. The number of hydrogen-bond donors (Lipinski definition) is 1. The molecule has 0 saturated carbocycles. The molecule has 0 aliphatic heterocycles. The van der Waals surface area contributed by atoms with E-state index in [1.165, 1.54) is 0 Å². The second-order valence-corrected chi connectivity index (χ2v) is 6.20. The van der Waals surface area contributed by atoms with Gasteiger partial charge < -0.3 is 19.0 Å². The van der Waals surface area contributed by atoms with Crippen LogP contribution in [-0.4, -0.2) is 17.2 Å². The van der Waals surface area contributed by atoms with Crippen LogP contribution in [0.5, 0.6) is 5.75 Å². The molecule has 0 aliphatic rings. The Kier molecular flexibility index (Phi) is 4.79. The molecule has 0 radical (unpaired) electrons. The zero-order chi connectivity index (χ0) is 18.8. The summed E-state index contributed by atoms with van der Waals surface area (Å²) in [6.45, 7) is 7.29. The number of carbonyl (C=O) groups excluding carboxylic acids is 1. The van der Waals surface area contributed by atoms with Crippen molar-refractivity contribution in [3.8, 4) is 5.75 Å². The Morgan fingerprint density at radius 3 is 2.69 bits per heavy atom. The van der Waals surface area contributed by atoms with Crippen LogP contribution in [0.4, 0.5) is 0 Å². The third kappa shape index (κ3) is 3.61. The maximum absolute atomic E-state index is 12.2. The van der Waals surface area contributed by atoms with E-state index in [1.54, 1.807) is 39.0 Å². The topological polar surface area (TPSA) is 94.6 Å². The molecule has 0 aliphatic carbocycles. The van der Waals surface area contributed by atoms with Gasteiger partial charge in [-0.1, -0.05) is 5.16 Å². The van der Waals surface area contributed by atoms with Gasteiger partial charge in [0.15, 0.2) is 6.10 Å². The number of hydrogen-bond acceptors (Lipinski definition) is 6.